The van der Waals surface area contributed by atoms with Crippen molar-refractivity contribution in [3.05, 3.63) is 35.5 Å². The normalized spacial score (nSPS) is 11.1. The van der Waals surface area contributed by atoms with Gasteiger partial charge in [-0.2, -0.15) is 0 Å². The van der Waals surface area contributed by atoms with Crippen molar-refractivity contribution < 1.29 is 0 Å². The van der Waals surface area contributed by atoms with E-state index in [1.807, 2.05) is 12.1 Å². The number of unbranched alkanes of at least 4 members (excludes halogenated alkanes) is 3. The molecule has 0 bridgehead atoms. The standard InChI is InChI=1S/C14H18ClN/c1-2-3-4-5-10-16-11-9-12-7-6-8-13(15)14(12)16/h6-9,11H,2-5,10H2,1H3. The second-order valence-corrected chi connectivity index (χ2v) is 4.65. The summed E-state index contributed by atoms with van der Waals surface area (Å²) in [4.78, 5) is 0. The van der Waals surface area contributed by atoms with Gasteiger partial charge < -0.3 is 4.57 Å². The summed E-state index contributed by atoms with van der Waals surface area (Å²) >= 11 is 6.22. The molecule has 0 spiro atoms. The third kappa shape index (κ3) is 2.41. The highest BCUT2D eigenvalue weighted by Crippen LogP contribution is 2.24. The molecule has 0 atom stereocenters. The van der Waals surface area contributed by atoms with Gasteiger partial charge in [0, 0.05) is 18.1 Å². The van der Waals surface area contributed by atoms with Crippen molar-refractivity contribution >= 4 is 22.5 Å². The molecule has 0 aliphatic rings. The topological polar surface area (TPSA) is 4.93 Å². The molecule has 2 rings (SSSR count). The van der Waals surface area contributed by atoms with Crippen molar-refractivity contribution in [2.45, 2.75) is 39.2 Å². The predicted molar refractivity (Wildman–Crippen MR) is 71.1 cm³/mol. The first-order valence-corrected chi connectivity index (χ1v) is 6.44. The lowest BCUT2D eigenvalue weighted by molar-refractivity contribution is 0.594. The van der Waals surface area contributed by atoms with Crippen LogP contribution in [0.1, 0.15) is 32.6 Å². The van der Waals surface area contributed by atoms with Gasteiger partial charge in [-0.1, -0.05) is 49.9 Å². The number of benzene rings is 1. The van der Waals surface area contributed by atoms with Gasteiger partial charge in [-0.15, -0.1) is 0 Å². The molecule has 0 unspecified atom stereocenters. The van der Waals surface area contributed by atoms with Crippen molar-refractivity contribution in [1.82, 2.24) is 4.57 Å². The molecule has 1 nitrogen and oxygen atoms in total. The Hall–Kier alpha value is -0.950. The minimum absolute atomic E-state index is 0.859. The number of halogens is 1. The maximum Gasteiger partial charge on any atom is 0.0669 e. The molecule has 0 N–H and O–H groups in total. The van der Waals surface area contributed by atoms with Crippen LogP contribution in [0.5, 0.6) is 0 Å². The molecule has 1 heterocycles. The molecule has 1 aromatic carbocycles. The van der Waals surface area contributed by atoms with Crippen molar-refractivity contribution in [3.8, 4) is 0 Å². The Morgan fingerprint density at radius 2 is 2.00 bits per heavy atom. The molecule has 2 aromatic rings. The second kappa shape index (κ2) is 5.40. The van der Waals surface area contributed by atoms with Gasteiger partial charge in [-0.3, -0.25) is 0 Å². The molecule has 16 heavy (non-hydrogen) atoms. The van der Waals surface area contributed by atoms with Crippen LogP contribution in [-0.2, 0) is 6.54 Å². The van der Waals surface area contributed by atoms with Crippen LogP contribution in [0.2, 0.25) is 5.02 Å². The van der Waals surface area contributed by atoms with Gasteiger partial charge in [0.15, 0.2) is 0 Å². The van der Waals surface area contributed by atoms with E-state index in [4.69, 9.17) is 11.6 Å². The maximum atomic E-state index is 6.22. The summed E-state index contributed by atoms with van der Waals surface area (Å²) < 4.78 is 2.27. The van der Waals surface area contributed by atoms with Crippen molar-refractivity contribution in [1.29, 1.82) is 0 Å². The highest BCUT2D eigenvalue weighted by atomic mass is 35.5. The van der Waals surface area contributed by atoms with Crippen LogP contribution < -0.4 is 0 Å². The van der Waals surface area contributed by atoms with E-state index in [0.717, 1.165) is 11.6 Å². The third-order valence-corrected chi connectivity index (χ3v) is 3.30. The number of fused-ring (bicyclic) bond motifs is 1. The molecule has 0 saturated carbocycles. The summed E-state index contributed by atoms with van der Waals surface area (Å²) in [5, 5.41) is 2.10. The van der Waals surface area contributed by atoms with Gasteiger partial charge in [0.1, 0.15) is 0 Å². The smallest absolute Gasteiger partial charge is 0.0669 e. The average molecular weight is 236 g/mol. The van der Waals surface area contributed by atoms with Crippen LogP contribution >= 0.6 is 11.6 Å². The summed E-state index contributed by atoms with van der Waals surface area (Å²) in [6.07, 6.45) is 7.30. The summed E-state index contributed by atoms with van der Waals surface area (Å²) in [5.74, 6) is 0. The summed E-state index contributed by atoms with van der Waals surface area (Å²) in [6, 6.07) is 8.23. The number of aromatic nitrogens is 1. The summed E-state index contributed by atoms with van der Waals surface area (Å²) in [6.45, 7) is 3.31. The van der Waals surface area contributed by atoms with Crippen LogP contribution in [0.3, 0.4) is 0 Å². The molecule has 2 heteroatoms. The van der Waals surface area contributed by atoms with E-state index in [1.54, 1.807) is 0 Å². The predicted octanol–water partition coefficient (Wildman–Crippen LogP) is 4.88. The lowest BCUT2D eigenvalue weighted by atomic mass is 10.2. The minimum Gasteiger partial charge on any atom is -0.346 e. The van der Waals surface area contributed by atoms with Gasteiger partial charge in [0.25, 0.3) is 0 Å². The van der Waals surface area contributed by atoms with Gasteiger partial charge in [-0.25, -0.2) is 0 Å². The number of para-hydroxylation sites is 1. The van der Waals surface area contributed by atoms with Gasteiger partial charge >= 0.3 is 0 Å². The van der Waals surface area contributed by atoms with Crippen LogP contribution in [0, 0.1) is 0 Å². The van der Waals surface area contributed by atoms with E-state index < -0.39 is 0 Å². The Kier molecular flexibility index (Phi) is 3.89. The minimum atomic E-state index is 0.859. The molecule has 1 aromatic heterocycles. The number of nitrogens with zero attached hydrogens (tertiary/aromatic N) is 1. The molecular weight excluding hydrogens is 218 g/mol. The Morgan fingerprint density at radius 3 is 2.81 bits per heavy atom. The van der Waals surface area contributed by atoms with E-state index >= 15 is 0 Å². The Morgan fingerprint density at radius 1 is 1.12 bits per heavy atom. The first-order chi connectivity index (χ1) is 7.83. The van der Waals surface area contributed by atoms with Gasteiger partial charge in [0.05, 0.1) is 10.5 Å². The maximum absolute atomic E-state index is 6.22. The quantitative estimate of drug-likeness (QED) is 0.652. The fraction of sp³-hybridized carbons (Fsp3) is 0.429. The van der Waals surface area contributed by atoms with Crippen LogP contribution in [0.4, 0.5) is 0 Å². The Balaban J connectivity index is 2.12. The lowest BCUT2D eigenvalue weighted by Gasteiger charge is -2.06. The van der Waals surface area contributed by atoms with Gasteiger partial charge in [-0.05, 0) is 18.6 Å². The van der Waals surface area contributed by atoms with Crippen molar-refractivity contribution in [2.24, 2.45) is 0 Å². The van der Waals surface area contributed by atoms with Crippen molar-refractivity contribution in [2.75, 3.05) is 0 Å². The Labute approximate surface area is 102 Å². The zero-order valence-corrected chi connectivity index (χ0v) is 10.5. The van der Waals surface area contributed by atoms with E-state index in [9.17, 15) is 0 Å². The van der Waals surface area contributed by atoms with E-state index in [0.29, 0.717) is 0 Å². The highest BCUT2D eigenvalue weighted by Gasteiger charge is 2.03. The summed E-state index contributed by atoms with van der Waals surface area (Å²) in [5.41, 5.74) is 1.18. The zero-order valence-electron chi connectivity index (χ0n) is 9.75. The SMILES string of the molecule is CCCCCCn1ccc2cccc(Cl)c21. The lowest BCUT2D eigenvalue weighted by Crippen LogP contribution is -1.96. The number of aryl methyl sites for hydroxylation is 1. The zero-order chi connectivity index (χ0) is 11.4. The van der Waals surface area contributed by atoms with Crippen LogP contribution in [0.25, 0.3) is 10.9 Å². The number of rotatable bonds is 5. The monoisotopic (exact) mass is 235 g/mol. The molecule has 86 valence electrons. The van der Waals surface area contributed by atoms with Crippen LogP contribution in [0.15, 0.2) is 30.5 Å². The van der Waals surface area contributed by atoms with Gasteiger partial charge in [0.2, 0.25) is 0 Å². The molecular formula is C14H18ClN. The van der Waals surface area contributed by atoms with E-state index in [1.165, 1.54) is 36.6 Å². The second-order valence-electron chi connectivity index (χ2n) is 4.25. The highest BCUT2D eigenvalue weighted by molar-refractivity contribution is 6.35. The molecule has 0 aliphatic heterocycles. The average Bonchev–Trinajstić information content (AvgIpc) is 2.69. The van der Waals surface area contributed by atoms with E-state index in [-0.39, 0.29) is 0 Å². The first kappa shape index (κ1) is 11.5. The largest absolute Gasteiger partial charge is 0.346 e. The molecule has 0 aliphatic carbocycles. The van der Waals surface area contributed by atoms with Crippen LogP contribution in [-0.4, -0.2) is 4.57 Å². The third-order valence-electron chi connectivity index (χ3n) is 2.99. The molecule has 0 fully saturated rings. The fourth-order valence-corrected chi connectivity index (χ4v) is 2.40. The van der Waals surface area contributed by atoms with E-state index in [2.05, 4.69) is 29.8 Å². The first-order valence-electron chi connectivity index (χ1n) is 6.06. The summed E-state index contributed by atoms with van der Waals surface area (Å²) in [7, 11) is 0. The molecule has 0 saturated heterocycles. The van der Waals surface area contributed by atoms with Crippen molar-refractivity contribution in [3.63, 3.8) is 0 Å². The Bertz CT molecular complexity index is 459. The fourth-order valence-electron chi connectivity index (χ4n) is 2.11. The number of hydrogen-bond acceptors (Lipinski definition) is 0. The molecule has 0 amide bonds. The number of hydrogen-bond donors (Lipinski definition) is 0. The molecule has 0 radical (unpaired) electrons.